The Morgan fingerprint density at radius 1 is 1.57 bits per heavy atom. The molecule has 0 saturated carbocycles. The van der Waals surface area contributed by atoms with Gasteiger partial charge < -0.3 is 5.11 Å². The first kappa shape index (κ1) is 11.5. The van der Waals surface area contributed by atoms with Gasteiger partial charge in [0.15, 0.2) is 0 Å². The lowest BCUT2D eigenvalue weighted by molar-refractivity contribution is 0.168. The average molecular weight is 210 g/mol. The molecule has 1 atom stereocenters. The van der Waals surface area contributed by atoms with Crippen molar-refractivity contribution >= 4 is 11.3 Å². The van der Waals surface area contributed by atoms with Crippen LogP contribution in [0.4, 0.5) is 0 Å². The molecule has 0 aliphatic rings. The smallest absolute Gasteiger partial charge is 0.0882 e. The molecule has 1 nitrogen and oxygen atoms in total. The fourth-order valence-electron chi connectivity index (χ4n) is 1.36. The van der Waals surface area contributed by atoms with Gasteiger partial charge in [-0.1, -0.05) is 6.08 Å². The fourth-order valence-corrected chi connectivity index (χ4v) is 2.43. The van der Waals surface area contributed by atoms with Crippen LogP contribution in [-0.4, -0.2) is 5.11 Å². The SMILES string of the molecule is C=CCCCC(O)c1cc(C)c(C)s1. The van der Waals surface area contributed by atoms with Crippen LogP contribution in [0.5, 0.6) is 0 Å². The number of hydrogen-bond acceptors (Lipinski definition) is 2. The minimum Gasteiger partial charge on any atom is -0.388 e. The summed E-state index contributed by atoms with van der Waals surface area (Å²) in [4.78, 5) is 2.41. The zero-order chi connectivity index (χ0) is 10.6. The van der Waals surface area contributed by atoms with Crippen molar-refractivity contribution in [1.82, 2.24) is 0 Å². The molecule has 0 aliphatic heterocycles. The Labute approximate surface area is 90.1 Å². The molecule has 0 bridgehead atoms. The van der Waals surface area contributed by atoms with Gasteiger partial charge >= 0.3 is 0 Å². The Hall–Kier alpha value is -0.600. The van der Waals surface area contributed by atoms with Gasteiger partial charge in [-0.25, -0.2) is 0 Å². The number of rotatable bonds is 5. The maximum absolute atomic E-state index is 9.86. The second-order valence-electron chi connectivity index (χ2n) is 3.62. The lowest BCUT2D eigenvalue weighted by Gasteiger charge is -2.06. The van der Waals surface area contributed by atoms with Crippen LogP contribution >= 0.6 is 11.3 Å². The molecule has 1 unspecified atom stereocenters. The van der Waals surface area contributed by atoms with Crippen LogP contribution in [0.1, 0.15) is 40.7 Å². The second kappa shape index (κ2) is 5.32. The molecule has 1 aromatic heterocycles. The van der Waals surface area contributed by atoms with E-state index in [1.54, 1.807) is 11.3 Å². The highest BCUT2D eigenvalue weighted by Gasteiger charge is 2.10. The van der Waals surface area contributed by atoms with E-state index >= 15 is 0 Å². The fraction of sp³-hybridized carbons (Fsp3) is 0.500. The highest BCUT2D eigenvalue weighted by molar-refractivity contribution is 7.12. The van der Waals surface area contributed by atoms with Gasteiger partial charge in [0.05, 0.1) is 6.10 Å². The molecule has 0 spiro atoms. The van der Waals surface area contributed by atoms with Crippen LogP contribution in [0.2, 0.25) is 0 Å². The van der Waals surface area contributed by atoms with E-state index < -0.39 is 0 Å². The summed E-state index contributed by atoms with van der Waals surface area (Å²) >= 11 is 1.70. The van der Waals surface area contributed by atoms with E-state index in [0.29, 0.717) is 0 Å². The van der Waals surface area contributed by atoms with Crippen LogP contribution in [-0.2, 0) is 0 Å². The minimum atomic E-state index is -0.285. The van der Waals surface area contributed by atoms with E-state index in [9.17, 15) is 5.11 Å². The van der Waals surface area contributed by atoms with Gasteiger partial charge in [0.1, 0.15) is 0 Å². The Kier molecular flexibility index (Phi) is 4.36. The predicted molar refractivity (Wildman–Crippen MR) is 62.8 cm³/mol. The van der Waals surface area contributed by atoms with Gasteiger partial charge in [-0.3, -0.25) is 0 Å². The molecular formula is C12H18OS. The predicted octanol–water partition coefficient (Wildman–Crippen LogP) is 3.75. The Bertz CT molecular complexity index is 282. The number of aliphatic hydroxyl groups is 1. The van der Waals surface area contributed by atoms with Crippen molar-refractivity contribution < 1.29 is 5.11 Å². The topological polar surface area (TPSA) is 20.2 Å². The lowest BCUT2D eigenvalue weighted by atomic mass is 10.1. The summed E-state index contributed by atoms with van der Waals surface area (Å²) in [7, 11) is 0. The van der Waals surface area contributed by atoms with Crippen molar-refractivity contribution in [3.63, 3.8) is 0 Å². The van der Waals surface area contributed by atoms with E-state index in [-0.39, 0.29) is 6.10 Å². The Balaban J connectivity index is 2.51. The Morgan fingerprint density at radius 2 is 2.29 bits per heavy atom. The number of hydrogen-bond donors (Lipinski definition) is 1. The standard InChI is InChI=1S/C12H18OS/c1-4-5-6-7-11(13)12-8-9(2)10(3)14-12/h4,8,11,13H,1,5-7H2,2-3H3. The second-order valence-corrected chi connectivity index (χ2v) is 4.91. The summed E-state index contributed by atoms with van der Waals surface area (Å²) in [5.41, 5.74) is 1.28. The normalized spacial score (nSPS) is 12.8. The maximum Gasteiger partial charge on any atom is 0.0882 e. The van der Waals surface area contributed by atoms with Crippen LogP contribution in [0.15, 0.2) is 18.7 Å². The first-order chi connectivity index (χ1) is 6.65. The van der Waals surface area contributed by atoms with E-state index in [1.807, 2.05) is 6.08 Å². The van der Waals surface area contributed by atoms with Crippen molar-refractivity contribution in [2.24, 2.45) is 0 Å². The van der Waals surface area contributed by atoms with Gasteiger partial charge in [0, 0.05) is 9.75 Å². The lowest BCUT2D eigenvalue weighted by Crippen LogP contribution is -1.93. The van der Waals surface area contributed by atoms with E-state index in [4.69, 9.17) is 0 Å². The summed E-state index contributed by atoms with van der Waals surface area (Å²) in [6.45, 7) is 7.86. The number of aryl methyl sites for hydroxylation is 2. The highest BCUT2D eigenvalue weighted by atomic mass is 32.1. The highest BCUT2D eigenvalue weighted by Crippen LogP contribution is 2.29. The van der Waals surface area contributed by atoms with Crippen molar-refractivity contribution in [2.45, 2.75) is 39.2 Å². The molecule has 0 amide bonds. The van der Waals surface area contributed by atoms with Crippen LogP contribution < -0.4 is 0 Å². The van der Waals surface area contributed by atoms with Gasteiger partial charge in [-0.05, 0) is 44.7 Å². The summed E-state index contributed by atoms with van der Waals surface area (Å²) in [5.74, 6) is 0. The van der Waals surface area contributed by atoms with Gasteiger partial charge in [-0.15, -0.1) is 17.9 Å². The van der Waals surface area contributed by atoms with Gasteiger partial charge in [-0.2, -0.15) is 0 Å². The minimum absolute atomic E-state index is 0.285. The third-order valence-electron chi connectivity index (χ3n) is 2.40. The quantitative estimate of drug-likeness (QED) is 0.579. The number of unbranched alkanes of at least 4 members (excludes halogenated alkanes) is 1. The van der Waals surface area contributed by atoms with Crippen LogP contribution in [0.25, 0.3) is 0 Å². The molecule has 2 heteroatoms. The molecule has 1 aromatic rings. The van der Waals surface area contributed by atoms with E-state index in [1.165, 1.54) is 10.4 Å². The average Bonchev–Trinajstić information content (AvgIpc) is 2.47. The molecule has 1 rings (SSSR count). The monoisotopic (exact) mass is 210 g/mol. The van der Waals surface area contributed by atoms with Crippen molar-refractivity contribution in [1.29, 1.82) is 0 Å². The summed E-state index contributed by atoms with van der Waals surface area (Å²) in [6, 6.07) is 2.10. The van der Waals surface area contributed by atoms with Crippen LogP contribution in [0, 0.1) is 13.8 Å². The summed E-state index contributed by atoms with van der Waals surface area (Å²) in [5, 5.41) is 9.86. The van der Waals surface area contributed by atoms with Crippen molar-refractivity contribution in [3.8, 4) is 0 Å². The molecule has 78 valence electrons. The van der Waals surface area contributed by atoms with E-state index in [0.717, 1.165) is 24.1 Å². The molecule has 0 saturated heterocycles. The zero-order valence-corrected chi connectivity index (χ0v) is 9.73. The molecule has 14 heavy (non-hydrogen) atoms. The first-order valence-electron chi connectivity index (χ1n) is 5.01. The van der Waals surface area contributed by atoms with E-state index in [2.05, 4.69) is 26.5 Å². The third-order valence-corrected chi connectivity index (χ3v) is 3.65. The maximum atomic E-state index is 9.86. The molecule has 1 N–H and O–H groups in total. The van der Waals surface area contributed by atoms with Crippen molar-refractivity contribution in [3.05, 3.63) is 34.0 Å². The molecule has 1 heterocycles. The molecule has 0 radical (unpaired) electrons. The molecular weight excluding hydrogens is 192 g/mol. The summed E-state index contributed by atoms with van der Waals surface area (Å²) in [6.07, 6.45) is 4.46. The number of aliphatic hydroxyl groups excluding tert-OH is 1. The molecule has 0 fully saturated rings. The number of allylic oxidation sites excluding steroid dienone is 1. The zero-order valence-electron chi connectivity index (χ0n) is 8.92. The van der Waals surface area contributed by atoms with Crippen molar-refractivity contribution in [2.75, 3.05) is 0 Å². The third kappa shape index (κ3) is 2.96. The summed E-state index contributed by atoms with van der Waals surface area (Å²) < 4.78 is 0. The van der Waals surface area contributed by atoms with Gasteiger partial charge in [0.25, 0.3) is 0 Å². The Morgan fingerprint density at radius 3 is 2.79 bits per heavy atom. The largest absolute Gasteiger partial charge is 0.388 e. The first-order valence-corrected chi connectivity index (χ1v) is 5.82. The number of thiophene rings is 1. The molecule has 0 aliphatic carbocycles. The molecule has 0 aromatic carbocycles. The van der Waals surface area contributed by atoms with Gasteiger partial charge in [0.2, 0.25) is 0 Å². The van der Waals surface area contributed by atoms with Crippen LogP contribution in [0.3, 0.4) is 0 Å².